The van der Waals surface area contributed by atoms with E-state index < -0.39 is 10.1 Å². The maximum atomic E-state index is 10.9. The highest BCUT2D eigenvalue weighted by Crippen LogP contribution is 2.31. The number of methoxy groups -OCH3 is 2. The summed E-state index contributed by atoms with van der Waals surface area (Å²) in [5, 5.41) is 0. The highest BCUT2D eigenvalue weighted by atomic mass is 32.2. The SMILES string of the molecule is COc1cc(S(=O)(=O)O)cc(OC)c1C. The van der Waals surface area contributed by atoms with Crippen LogP contribution in [0.2, 0.25) is 0 Å². The monoisotopic (exact) mass is 232 g/mol. The molecule has 15 heavy (non-hydrogen) atoms. The van der Waals surface area contributed by atoms with Crippen LogP contribution in [-0.4, -0.2) is 27.2 Å². The molecule has 0 unspecified atom stereocenters. The molecular formula is C9H12O5S. The van der Waals surface area contributed by atoms with E-state index in [2.05, 4.69) is 0 Å². The molecule has 0 amide bonds. The first-order chi connectivity index (χ1) is 6.90. The lowest BCUT2D eigenvalue weighted by atomic mass is 10.2. The summed E-state index contributed by atoms with van der Waals surface area (Å²) in [6.07, 6.45) is 0. The first kappa shape index (κ1) is 11.8. The molecule has 1 rings (SSSR count). The van der Waals surface area contributed by atoms with Gasteiger partial charge in [-0.2, -0.15) is 8.42 Å². The summed E-state index contributed by atoms with van der Waals surface area (Å²) >= 11 is 0. The second-order valence-electron chi connectivity index (χ2n) is 2.93. The number of hydrogen-bond donors (Lipinski definition) is 1. The van der Waals surface area contributed by atoms with Crippen LogP contribution in [0, 0.1) is 6.92 Å². The van der Waals surface area contributed by atoms with Gasteiger partial charge in [-0.05, 0) is 6.92 Å². The molecule has 0 atom stereocenters. The minimum absolute atomic E-state index is 0.248. The van der Waals surface area contributed by atoms with Crippen LogP contribution in [0.1, 0.15) is 5.56 Å². The zero-order valence-electron chi connectivity index (χ0n) is 8.64. The summed E-state index contributed by atoms with van der Waals surface area (Å²) in [7, 11) is -1.42. The van der Waals surface area contributed by atoms with Crippen LogP contribution < -0.4 is 9.47 Å². The lowest BCUT2D eigenvalue weighted by Gasteiger charge is -2.10. The van der Waals surface area contributed by atoms with Crippen LogP contribution in [0.25, 0.3) is 0 Å². The second kappa shape index (κ2) is 4.08. The van der Waals surface area contributed by atoms with Gasteiger partial charge in [0.2, 0.25) is 0 Å². The Balaban J connectivity index is 3.47. The zero-order chi connectivity index (χ0) is 11.6. The van der Waals surface area contributed by atoms with E-state index in [1.54, 1.807) is 6.92 Å². The van der Waals surface area contributed by atoms with E-state index in [1.807, 2.05) is 0 Å². The zero-order valence-corrected chi connectivity index (χ0v) is 9.46. The molecule has 1 aromatic carbocycles. The van der Waals surface area contributed by atoms with Gasteiger partial charge in [-0.25, -0.2) is 0 Å². The van der Waals surface area contributed by atoms with Crippen molar-refractivity contribution in [2.75, 3.05) is 14.2 Å². The Hall–Kier alpha value is -1.27. The Bertz CT molecular complexity index is 438. The standard InChI is InChI=1S/C9H12O5S/c1-6-8(13-2)4-7(15(10,11)12)5-9(6)14-3/h4-5H,1-3H3,(H,10,11,12). The van der Waals surface area contributed by atoms with Crippen LogP contribution in [0.5, 0.6) is 11.5 Å². The lowest BCUT2D eigenvalue weighted by Crippen LogP contribution is -2.01. The fourth-order valence-corrected chi connectivity index (χ4v) is 1.72. The molecule has 0 fully saturated rings. The van der Waals surface area contributed by atoms with Gasteiger partial charge < -0.3 is 9.47 Å². The molecule has 0 bridgehead atoms. The van der Waals surface area contributed by atoms with Gasteiger partial charge in [0.1, 0.15) is 16.4 Å². The Kier molecular flexibility index (Phi) is 3.21. The first-order valence-corrected chi connectivity index (χ1v) is 5.54. The van der Waals surface area contributed by atoms with Crippen molar-refractivity contribution in [1.82, 2.24) is 0 Å². The number of benzene rings is 1. The number of rotatable bonds is 3. The fraction of sp³-hybridized carbons (Fsp3) is 0.333. The van der Waals surface area contributed by atoms with Crippen LogP contribution in [0.4, 0.5) is 0 Å². The average molecular weight is 232 g/mol. The summed E-state index contributed by atoms with van der Waals surface area (Å²) in [6, 6.07) is 2.49. The molecule has 1 aromatic rings. The Labute approximate surface area is 88.4 Å². The van der Waals surface area contributed by atoms with Gasteiger partial charge >= 0.3 is 0 Å². The van der Waals surface area contributed by atoms with Crippen molar-refractivity contribution in [1.29, 1.82) is 0 Å². The largest absolute Gasteiger partial charge is 0.496 e. The molecule has 0 aliphatic rings. The van der Waals surface area contributed by atoms with E-state index in [4.69, 9.17) is 14.0 Å². The summed E-state index contributed by atoms with van der Waals surface area (Å²) in [6.45, 7) is 1.73. The molecule has 0 aromatic heterocycles. The minimum Gasteiger partial charge on any atom is -0.496 e. The van der Waals surface area contributed by atoms with Crippen molar-refractivity contribution >= 4 is 10.1 Å². The minimum atomic E-state index is -4.24. The van der Waals surface area contributed by atoms with Crippen LogP contribution >= 0.6 is 0 Å². The summed E-state index contributed by atoms with van der Waals surface area (Å²) in [5.41, 5.74) is 0.674. The predicted octanol–water partition coefficient (Wildman–Crippen LogP) is 1.26. The predicted molar refractivity (Wildman–Crippen MR) is 54.1 cm³/mol. The third-order valence-electron chi connectivity index (χ3n) is 2.02. The van der Waals surface area contributed by atoms with Crippen molar-refractivity contribution < 1.29 is 22.4 Å². The van der Waals surface area contributed by atoms with Gasteiger partial charge in [0, 0.05) is 17.7 Å². The highest BCUT2D eigenvalue weighted by Gasteiger charge is 2.16. The van der Waals surface area contributed by atoms with Crippen LogP contribution in [-0.2, 0) is 10.1 Å². The molecule has 0 heterocycles. The topological polar surface area (TPSA) is 72.8 Å². The average Bonchev–Trinajstić information content (AvgIpc) is 2.16. The number of ether oxygens (including phenoxy) is 2. The molecule has 0 saturated carbocycles. The third kappa shape index (κ3) is 2.40. The van der Waals surface area contributed by atoms with E-state index in [1.165, 1.54) is 26.4 Å². The van der Waals surface area contributed by atoms with E-state index in [0.717, 1.165) is 0 Å². The molecule has 5 nitrogen and oxygen atoms in total. The molecule has 0 radical (unpaired) electrons. The smallest absolute Gasteiger partial charge is 0.294 e. The van der Waals surface area contributed by atoms with Crippen molar-refractivity contribution in [3.05, 3.63) is 17.7 Å². The summed E-state index contributed by atoms with van der Waals surface area (Å²) in [4.78, 5) is -0.248. The van der Waals surface area contributed by atoms with Gasteiger partial charge in [-0.3, -0.25) is 4.55 Å². The molecule has 1 N–H and O–H groups in total. The Morgan fingerprint density at radius 3 is 1.80 bits per heavy atom. The van der Waals surface area contributed by atoms with Crippen molar-refractivity contribution in [2.24, 2.45) is 0 Å². The fourth-order valence-electron chi connectivity index (χ4n) is 1.21. The maximum Gasteiger partial charge on any atom is 0.294 e. The molecular weight excluding hydrogens is 220 g/mol. The van der Waals surface area contributed by atoms with Crippen LogP contribution in [0.3, 0.4) is 0 Å². The summed E-state index contributed by atoms with van der Waals surface area (Å²) in [5.74, 6) is 0.698. The Morgan fingerprint density at radius 2 is 1.53 bits per heavy atom. The van der Waals surface area contributed by atoms with Crippen molar-refractivity contribution in [2.45, 2.75) is 11.8 Å². The first-order valence-electron chi connectivity index (χ1n) is 4.10. The highest BCUT2D eigenvalue weighted by molar-refractivity contribution is 7.85. The molecule has 84 valence electrons. The molecule has 0 spiro atoms. The maximum absolute atomic E-state index is 10.9. The molecule has 0 saturated heterocycles. The quantitative estimate of drug-likeness (QED) is 0.794. The molecule has 0 aliphatic heterocycles. The summed E-state index contributed by atoms with van der Waals surface area (Å²) < 4.78 is 40.7. The lowest BCUT2D eigenvalue weighted by molar-refractivity contribution is 0.385. The van der Waals surface area contributed by atoms with E-state index in [0.29, 0.717) is 17.1 Å². The second-order valence-corrected chi connectivity index (χ2v) is 4.35. The molecule has 6 heteroatoms. The normalized spacial score (nSPS) is 11.2. The van der Waals surface area contributed by atoms with E-state index in [9.17, 15) is 8.42 Å². The Morgan fingerprint density at radius 1 is 1.13 bits per heavy atom. The van der Waals surface area contributed by atoms with Gasteiger partial charge in [-0.1, -0.05) is 0 Å². The van der Waals surface area contributed by atoms with E-state index >= 15 is 0 Å². The van der Waals surface area contributed by atoms with Crippen LogP contribution in [0.15, 0.2) is 17.0 Å². The molecule has 0 aliphatic carbocycles. The van der Waals surface area contributed by atoms with Gasteiger partial charge in [-0.15, -0.1) is 0 Å². The van der Waals surface area contributed by atoms with Crippen molar-refractivity contribution in [3.63, 3.8) is 0 Å². The number of hydrogen-bond acceptors (Lipinski definition) is 4. The van der Waals surface area contributed by atoms with Gasteiger partial charge in [0.05, 0.1) is 14.2 Å². The van der Waals surface area contributed by atoms with Gasteiger partial charge in [0.25, 0.3) is 10.1 Å². The third-order valence-corrected chi connectivity index (χ3v) is 2.86. The van der Waals surface area contributed by atoms with Gasteiger partial charge in [0.15, 0.2) is 0 Å². The van der Waals surface area contributed by atoms with Crippen molar-refractivity contribution in [3.8, 4) is 11.5 Å². The van der Waals surface area contributed by atoms with E-state index in [-0.39, 0.29) is 4.90 Å².